The second-order valence-corrected chi connectivity index (χ2v) is 8.57. The molecule has 2 aliphatic heterocycles. The van der Waals surface area contributed by atoms with Crippen LogP contribution in [0.15, 0.2) is 48.9 Å². The standard InChI is InChI=1S/C24H29N5O2/c30-23(28-21-7-4-14-31-24(21)9-11-25-12-10-24)19-15-20-22(26-16-19)29(17-27-20)13-8-18-5-2-1-3-6-18/h1-3,5-6,15-17,21,25H,4,7-14H2,(H,28,30). The highest BCUT2D eigenvalue weighted by Crippen LogP contribution is 2.33. The molecule has 2 fully saturated rings. The molecule has 7 nitrogen and oxygen atoms in total. The molecule has 1 spiro atoms. The lowest BCUT2D eigenvalue weighted by Gasteiger charge is -2.46. The fourth-order valence-corrected chi connectivity index (χ4v) is 4.85. The maximum absolute atomic E-state index is 13.0. The number of fused-ring (bicyclic) bond motifs is 1. The van der Waals surface area contributed by atoms with Gasteiger partial charge >= 0.3 is 0 Å². The van der Waals surface area contributed by atoms with Crippen LogP contribution < -0.4 is 10.6 Å². The topological polar surface area (TPSA) is 81.1 Å². The van der Waals surface area contributed by atoms with E-state index in [0.29, 0.717) is 5.56 Å². The number of aryl methyl sites for hydroxylation is 2. The highest BCUT2D eigenvalue weighted by Gasteiger charge is 2.43. The minimum Gasteiger partial charge on any atom is -0.373 e. The summed E-state index contributed by atoms with van der Waals surface area (Å²) in [5.74, 6) is -0.0957. The molecule has 0 bridgehead atoms. The third kappa shape index (κ3) is 4.20. The number of carbonyl (C=O) groups excluding carboxylic acids is 1. The van der Waals surface area contributed by atoms with E-state index in [-0.39, 0.29) is 17.6 Å². The third-order valence-electron chi connectivity index (χ3n) is 6.62. The van der Waals surface area contributed by atoms with Crippen molar-refractivity contribution >= 4 is 17.1 Å². The van der Waals surface area contributed by atoms with E-state index in [0.717, 1.165) is 69.5 Å². The van der Waals surface area contributed by atoms with Crippen LogP contribution in [0.2, 0.25) is 0 Å². The monoisotopic (exact) mass is 419 g/mol. The maximum Gasteiger partial charge on any atom is 0.253 e. The average molecular weight is 420 g/mol. The number of rotatable bonds is 5. The van der Waals surface area contributed by atoms with Gasteiger partial charge in [-0.2, -0.15) is 0 Å². The van der Waals surface area contributed by atoms with Gasteiger partial charge < -0.3 is 19.9 Å². The molecular weight excluding hydrogens is 390 g/mol. The quantitative estimate of drug-likeness (QED) is 0.665. The Kier molecular flexibility index (Phi) is 5.70. The zero-order valence-corrected chi connectivity index (χ0v) is 17.7. The number of amides is 1. The molecule has 4 heterocycles. The molecule has 2 aromatic heterocycles. The van der Waals surface area contributed by atoms with E-state index in [1.165, 1.54) is 5.56 Å². The fourth-order valence-electron chi connectivity index (χ4n) is 4.85. The first-order chi connectivity index (χ1) is 15.2. The van der Waals surface area contributed by atoms with Crippen molar-refractivity contribution in [3.63, 3.8) is 0 Å². The van der Waals surface area contributed by atoms with Crippen LogP contribution in [0, 0.1) is 0 Å². The summed E-state index contributed by atoms with van der Waals surface area (Å²) in [7, 11) is 0. The van der Waals surface area contributed by atoms with Gasteiger partial charge in [-0.3, -0.25) is 4.79 Å². The number of hydrogen-bond acceptors (Lipinski definition) is 5. The molecule has 5 rings (SSSR count). The lowest BCUT2D eigenvalue weighted by atomic mass is 9.80. The molecule has 7 heteroatoms. The number of ether oxygens (including phenoxy) is 1. The molecule has 31 heavy (non-hydrogen) atoms. The molecule has 2 saturated heterocycles. The Morgan fingerprint density at radius 3 is 2.90 bits per heavy atom. The van der Waals surface area contributed by atoms with E-state index >= 15 is 0 Å². The van der Waals surface area contributed by atoms with Gasteiger partial charge in [-0.05, 0) is 56.8 Å². The predicted octanol–water partition coefficient (Wildman–Crippen LogP) is 2.71. The second kappa shape index (κ2) is 8.77. The van der Waals surface area contributed by atoms with Gasteiger partial charge in [0.1, 0.15) is 5.52 Å². The first kappa shape index (κ1) is 20.2. The Balaban J connectivity index is 1.29. The summed E-state index contributed by atoms with van der Waals surface area (Å²) in [6.45, 7) is 3.44. The highest BCUT2D eigenvalue weighted by atomic mass is 16.5. The van der Waals surface area contributed by atoms with Crippen LogP contribution >= 0.6 is 0 Å². The number of nitrogens with one attached hydrogen (secondary N) is 2. The fraction of sp³-hybridized carbons (Fsp3) is 0.458. The van der Waals surface area contributed by atoms with Crippen LogP contribution in [0.1, 0.15) is 41.6 Å². The van der Waals surface area contributed by atoms with Crippen molar-refractivity contribution in [2.24, 2.45) is 0 Å². The van der Waals surface area contributed by atoms with Crippen LogP contribution in [0.4, 0.5) is 0 Å². The molecule has 1 amide bonds. The molecule has 0 radical (unpaired) electrons. The molecule has 0 saturated carbocycles. The van der Waals surface area contributed by atoms with Crippen molar-refractivity contribution in [2.75, 3.05) is 19.7 Å². The van der Waals surface area contributed by atoms with E-state index in [2.05, 4.69) is 44.9 Å². The summed E-state index contributed by atoms with van der Waals surface area (Å²) in [6, 6.07) is 12.3. The summed E-state index contributed by atoms with van der Waals surface area (Å²) >= 11 is 0. The van der Waals surface area contributed by atoms with E-state index < -0.39 is 0 Å². The number of aromatic nitrogens is 3. The molecule has 2 N–H and O–H groups in total. The SMILES string of the molecule is O=C(NC1CCCOC12CCNCC2)c1cnc2c(c1)ncn2CCc1ccccc1. The van der Waals surface area contributed by atoms with Crippen LogP contribution in [0.25, 0.3) is 11.2 Å². The van der Waals surface area contributed by atoms with Crippen LogP contribution in [-0.4, -0.2) is 51.8 Å². The van der Waals surface area contributed by atoms with Crippen molar-refractivity contribution in [3.05, 3.63) is 60.0 Å². The first-order valence-electron chi connectivity index (χ1n) is 11.2. The van der Waals surface area contributed by atoms with Crippen LogP contribution in [0.5, 0.6) is 0 Å². The molecule has 0 aliphatic carbocycles. The molecule has 1 atom stereocenters. The normalized spacial score (nSPS) is 20.7. The van der Waals surface area contributed by atoms with Gasteiger partial charge in [-0.25, -0.2) is 9.97 Å². The number of carbonyl (C=O) groups is 1. The number of piperidine rings is 1. The number of hydrogen-bond donors (Lipinski definition) is 2. The molecule has 3 aromatic rings. The van der Waals surface area contributed by atoms with Gasteiger partial charge in [-0.15, -0.1) is 0 Å². The summed E-state index contributed by atoms with van der Waals surface area (Å²) in [6.07, 6.45) is 8.17. The van der Waals surface area contributed by atoms with E-state index in [1.54, 1.807) is 12.5 Å². The van der Waals surface area contributed by atoms with Gasteiger partial charge in [0, 0.05) is 19.3 Å². The molecular formula is C24H29N5O2. The van der Waals surface area contributed by atoms with Crippen molar-refractivity contribution in [2.45, 2.75) is 50.3 Å². The number of imidazole rings is 1. The molecule has 1 aromatic carbocycles. The zero-order chi connectivity index (χ0) is 21.1. The minimum absolute atomic E-state index is 0.0370. The van der Waals surface area contributed by atoms with E-state index in [9.17, 15) is 4.79 Å². The predicted molar refractivity (Wildman–Crippen MR) is 119 cm³/mol. The Hall–Kier alpha value is -2.77. The summed E-state index contributed by atoms with van der Waals surface area (Å²) in [5, 5.41) is 6.64. The van der Waals surface area contributed by atoms with Crippen molar-refractivity contribution in [1.29, 1.82) is 0 Å². The molecule has 2 aliphatic rings. The lowest BCUT2D eigenvalue weighted by Crippen LogP contribution is -2.60. The van der Waals surface area contributed by atoms with Gasteiger partial charge in [0.25, 0.3) is 5.91 Å². The number of benzene rings is 1. The Morgan fingerprint density at radius 1 is 1.23 bits per heavy atom. The van der Waals surface area contributed by atoms with Crippen molar-refractivity contribution in [3.8, 4) is 0 Å². The number of pyridine rings is 1. The Morgan fingerprint density at radius 2 is 2.06 bits per heavy atom. The van der Waals surface area contributed by atoms with Gasteiger partial charge in [0.05, 0.1) is 23.5 Å². The number of nitrogens with zero attached hydrogens (tertiary/aromatic N) is 3. The summed E-state index contributed by atoms with van der Waals surface area (Å²) in [5.41, 5.74) is 3.15. The maximum atomic E-state index is 13.0. The second-order valence-electron chi connectivity index (χ2n) is 8.57. The molecule has 162 valence electrons. The van der Waals surface area contributed by atoms with Gasteiger partial charge in [0.15, 0.2) is 5.65 Å². The molecule has 1 unspecified atom stereocenters. The Labute approximate surface area is 182 Å². The minimum atomic E-state index is -0.240. The van der Waals surface area contributed by atoms with Gasteiger partial charge in [-0.1, -0.05) is 30.3 Å². The average Bonchev–Trinajstić information content (AvgIpc) is 3.23. The first-order valence-corrected chi connectivity index (χ1v) is 11.2. The van der Waals surface area contributed by atoms with E-state index in [4.69, 9.17) is 4.74 Å². The lowest BCUT2D eigenvalue weighted by molar-refractivity contribution is -0.114. The van der Waals surface area contributed by atoms with Crippen LogP contribution in [-0.2, 0) is 17.7 Å². The highest BCUT2D eigenvalue weighted by molar-refractivity contribution is 5.96. The zero-order valence-electron chi connectivity index (χ0n) is 17.7. The van der Waals surface area contributed by atoms with Crippen molar-refractivity contribution < 1.29 is 9.53 Å². The van der Waals surface area contributed by atoms with E-state index in [1.807, 2.05) is 16.7 Å². The summed E-state index contributed by atoms with van der Waals surface area (Å²) in [4.78, 5) is 22.1. The van der Waals surface area contributed by atoms with Gasteiger partial charge in [0.2, 0.25) is 0 Å². The summed E-state index contributed by atoms with van der Waals surface area (Å²) < 4.78 is 8.25. The van der Waals surface area contributed by atoms with Crippen molar-refractivity contribution in [1.82, 2.24) is 25.2 Å². The largest absolute Gasteiger partial charge is 0.373 e. The smallest absolute Gasteiger partial charge is 0.253 e. The van der Waals surface area contributed by atoms with Crippen LogP contribution in [0.3, 0.4) is 0 Å². The Bertz CT molecular complexity index is 1030. The third-order valence-corrected chi connectivity index (χ3v) is 6.62.